The summed E-state index contributed by atoms with van der Waals surface area (Å²) in [4.78, 5) is 16.5. The number of piperazine rings is 1. The molecule has 0 spiro atoms. The maximum atomic E-state index is 12.2. The number of rotatable bonds is 4. The second kappa shape index (κ2) is 7.22. The predicted octanol–water partition coefficient (Wildman–Crippen LogP) is 0.308. The Balaban J connectivity index is 1.73. The third kappa shape index (κ3) is 4.16. The van der Waals surface area contributed by atoms with Gasteiger partial charge in [0.1, 0.15) is 6.61 Å². The van der Waals surface area contributed by atoms with Crippen LogP contribution >= 0.6 is 0 Å². The molecule has 19 heavy (non-hydrogen) atoms. The minimum absolute atomic E-state index is 0.157. The molecule has 0 saturated carbocycles. The molecule has 2 aliphatic heterocycles. The number of likely N-dealkylation sites (N-methyl/N-ethyl adjacent to an activating group) is 1. The van der Waals surface area contributed by atoms with E-state index in [1.165, 1.54) is 0 Å². The lowest BCUT2D eigenvalue weighted by Gasteiger charge is -2.39. The van der Waals surface area contributed by atoms with Gasteiger partial charge in [0.25, 0.3) is 0 Å². The van der Waals surface area contributed by atoms with Gasteiger partial charge in [-0.25, -0.2) is 0 Å². The highest BCUT2D eigenvalue weighted by Gasteiger charge is 2.26. The molecular formula is C14H27N3O2. The molecule has 110 valence electrons. The molecule has 0 aliphatic carbocycles. The first-order chi connectivity index (χ1) is 9.20. The lowest BCUT2D eigenvalue weighted by atomic mass is 10.1. The Morgan fingerprint density at radius 1 is 1.32 bits per heavy atom. The number of amides is 1. The Kier molecular flexibility index (Phi) is 5.60. The summed E-state index contributed by atoms with van der Waals surface area (Å²) in [5.41, 5.74) is 0. The normalized spacial score (nSPS) is 26.6. The van der Waals surface area contributed by atoms with Crippen LogP contribution in [0.4, 0.5) is 0 Å². The van der Waals surface area contributed by atoms with E-state index in [2.05, 4.69) is 24.2 Å². The summed E-state index contributed by atoms with van der Waals surface area (Å²) < 4.78 is 5.75. The van der Waals surface area contributed by atoms with Gasteiger partial charge in [0, 0.05) is 25.7 Å². The summed E-state index contributed by atoms with van der Waals surface area (Å²) in [5, 5.41) is 3.30. The van der Waals surface area contributed by atoms with Crippen molar-refractivity contribution in [1.82, 2.24) is 15.1 Å². The maximum Gasteiger partial charge on any atom is 0.248 e. The lowest BCUT2D eigenvalue weighted by molar-refractivity contribution is -0.141. The molecule has 1 amide bonds. The second-order valence-electron chi connectivity index (χ2n) is 5.64. The lowest BCUT2D eigenvalue weighted by Crippen LogP contribution is -2.53. The highest BCUT2D eigenvalue weighted by molar-refractivity contribution is 5.77. The summed E-state index contributed by atoms with van der Waals surface area (Å²) in [6.07, 6.45) is 3.40. The maximum absolute atomic E-state index is 12.2. The molecule has 1 unspecified atom stereocenters. The van der Waals surface area contributed by atoms with Crippen molar-refractivity contribution in [2.45, 2.75) is 38.3 Å². The number of nitrogens with one attached hydrogen (secondary N) is 1. The van der Waals surface area contributed by atoms with E-state index in [-0.39, 0.29) is 18.6 Å². The summed E-state index contributed by atoms with van der Waals surface area (Å²) >= 11 is 0. The zero-order chi connectivity index (χ0) is 13.7. The number of hydrogen-bond donors (Lipinski definition) is 1. The van der Waals surface area contributed by atoms with E-state index in [0.717, 1.165) is 52.0 Å². The Hall–Kier alpha value is -0.650. The van der Waals surface area contributed by atoms with Gasteiger partial charge < -0.3 is 15.0 Å². The van der Waals surface area contributed by atoms with Crippen LogP contribution in [0, 0.1) is 0 Å². The number of piperidine rings is 1. The van der Waals surface area contributed by atoms with E-state index in [1.54, 1.807) is 0 Å². The van der Waals surface area contributed by atoms with E-state index >= 15 is 0 Å². The van der Waals surface area contributed by atoms with Crippen LogP contribution in [0.3, 0.4) is 0 Å². The fourth-order valence-corrected chi connectivity index (χ4v) is 2.86. The molecule has 0 bridgehead atoms. The zero-order valence-corrected chi connectivity index (χ0v) is 12.2. The Labute approximate surface area is 116 Å². The van der Waals surface area contributed by atoms with E-state index in [0.29, 0.717) is 6.04 Å². The van der Waals surface area contributed by atoms with Gasteiger partial charge in [0.15, 0.2) is 0 Å². The Morgan fingerprint density at radius 3 is 2.74 bits per heavy atom. The van der Waals surface area contributed by atoms with Gasteiger partial charge in [-0.15, -0.1) is 0 Å². The van der Waals surface area contributed by atoms with Gasteiger partial charge in [0.2, 0.25) is 5.91 Å². The van der Waals surface area contributed by atoms with Crippen molar-refractivity contribution in [1.29, 1.82) is 0 Å². The van der Waals surface area contributed by atoms with Crippen molar-refractivity contribution in [2.24, 2.45) is 0 Å². The van der Waals surface area contributed by atoms with Gasteiger partial charge in [-0.05, 0) is 39.4 Å². The highest BCUT2D eigenvalue weighted by Crippen LogP contribution is 2.12. The molecular weight excluding hydrogens is 242 g/mol. The topological polar surface area (TPSA) is 44.8 Å². The largest absolute Gasteiger partial charge is 0.368 e. The molecule has 0 aromatic heterocycles. The number of carbonyl (C=O) groups excluding carboxylic acids is 1. The third-order valence-corrected chi connectivity index (χ3v) is 4.33. The average Bonchev–Trinajstić information content (AvgIpc) is 2.46. The van der Waals surface area contributed by atoms with Gasteiger partial charge >= 0.3 is 0 Å². The summed E-state index contributed by atoms with van der Waals surface area (Å²) in [6, 6.07) is 0.497. The van der Waals surface area contributed by atoms with Crippen molar-refractivity contribution in [3.8, 4) is 0 Å². The molecule has 1 atom stereocenters. The van der Waals surface area contributed by atoms with Crippen molar-refractivity contribution in [2.75, 3.05) is 46.4 Å². The molecule has 0 radical (unpaired) electrons. The van der Waals surface area contributed by atoms with Crippen LogP contribution < -0.4 is 5.32 Å². The Bertz CT molecular complexity index is 292. The first kappa shape index (κ1) is 14.8. The molecule has 2 rings (SSSR count). The molecule has 2 saturated heterocycles. The molecule has 2 heterocycles. The summed E-state index contributed by atoms with van der Waals surface area (Å²) in [6.45, 7) is 7.10. The number of ether oxygens (including phenoxy) is 1. The van der Waals surface area contributed by atoms with E-state index in [1.807, 2.05) is 4.90 Å². The van der Waals surface area contributed by atoms with Crippen LogP contribution in [0.1, 0.15) is 26.2 Å². The number of carbonyl (C=O) groups is 1. The van der Waals surface area contributed by atoms with Crippen LogP contribution in [0.2, 0.25) is 0 Å². The van der Waals surface area contributed by atoms with E-state index in [4.69, 9.17) is 4.74 Å². The van der Waals surface area contributed by atoms with Crippen molar-refractivity contribution < 1.29 is 9.53 Å². The molecule has 1 N–H and O–H groups in total. The molecule has 5 nitrogen and oxygen atoms in total. The van der Waals surface area contributed by atoms with Gasteiger partial charge in [-0.2, -0.15) is 0 Å². The van der Waals surface area contributed by atoms with E-state index in [9.17, 15) is 4.79 Å². The summed E-state index contributed by atoms with van der Waals surface area (Å²) in [7, 11) is 2.14. The van der Waals surface area contributed by atoms with Crippen molar-refractivity contribution in [3.63, 3.8) is 0 Å². The van der Waals surface area contributed by atoms with Gasteiger partial charge in [0.05, 0.1) is 6.10 Å². The number of hydrogen-bond acceptors (Lipinski definition) is 4. The van der Waals surface area contributed by atoms with E-state index < -0.39 is 0 Å². The standard InChI is InChI=1S/C14H27N3O2/c1-3-12-10-17(9-8-16(12)2)14(18)11-19-13-4-6-15-7-5-13/h12-13,15H,3-11H2,1-2H3. The zero-order valence-electron chi connectivity index (χ0n) is 12.2. The van der Waals surface area contributed by atoms with Crippen molar-refractivity contribution in [3.05, 3.63) is 0 Å². The first-order valence-electron chi connectivity index (χ1n) is 7.51. The van der Waals surface area contributed by atoms with Crippen LogP contribution in [0.15, 0.2) is 0 Å². The average molecular weight is 269 g/mol. The van der Waals surface area contributed by atoms with Crippen LogP contribution in [0.25, 0.3) is 0 Å². The monoisotopic (exact) mass is 269 g/mol. The van der Waals surface area contributed by atoms with Crippen LogP contribution in [-0.4, -0.2) is 74.2 Å². The third-order valence-electron chi connectivity index (χ3n) is 4.33. The molecule has 0 aromatic rings. The quantitative estimate of drug-likeness (QED) is 0.798. The summed E-state index contributed by atoms with van der Waals surface area (Å²) in [5.74, 6) is 0.157. The minimum atomic E-state index is 0.157. The minimum Gasteiger partial charge on any atom is -0.368 e. The molecule has 0 aromatic carbocycles. The van der Waals surface area contributed by atoms with Crippen LogP contribution in [-0.2, 0) is 9.53 Å². The van der Waals surface area contributed by atoms with Crippen LogP contribution in [0.5, 0.6) is 0 Å². The smallest absolute Gasteiger partial charge is 0.248 e. The molecule has 2 fully saturated rings. The van der Waals surface area contributed by atoms with Gasteiger partial charge in [-0.1, -0.05) is 6.92 Å². The van der Waals surface area contributed by atoms with Gasteiger partial charge in [-0.3, -0.25) is 9.69 Å². The first-order valence-corrected chi connectivity index (χ1v) is 7.51. The van der Waals surface area contributed by atoms with Crippen molar-refractivity contribution >= 4 is 5.91 Å². The molecule has 5 heteroatoms. The number of nitrogens with zero attached hydrogens (tertiary/aromatic N) is 2. The SMILES string of the molecule is CCC1CN(C(=O)COC2CCNCC2)CCN1C. The second-order valence-corrected chi connectivity index (χ2v) is 5.64. The molecule has 2 aliphatic rings. The predicted molar refractivity (Wildman–Crippen MR) is 75.1 cm³/mol. The Morgan fingerprint density at radius 2 is 2.05 bits per heavy atom. The highest BCUT2D eigenvalue weighted by atomic mass is 16.5. The fraction of sp³-hybridized carbons (Fsp3) is 0.929. The fourth-order valence-electron chi connectivity index (χ4n) is 2.86.